The van der Waals surface area contributed by atoms with Crippen molar-refractivity contribution >= 4 is 28.4 Å². The Morgan fingerprint density at radius 3 is 2.60 bits per heavy atom. The monoisotopic (exact) mass is 364 g/mol. The number of hydrogen-bond acceptors (Lipinski definition) is 3. The molecule has 2 rings (SSSR count). The average Bonchev–Trinajstić information content (AvgIpc) is 2.94. The molecule has 25 heavy (non-hydrogen) atoms. The maximum absolute atomic E-state index is 12.3. The van der Waals surface area contributed by atoms with Crippen LogP contribution in [0.15, 0.2) is 35.3 Å². The summed E-state index contributed by atoms with van der Waals surface area (Å²) in [5.74, 6) is 1.30. The number of hydrogen-bond donors (Lipinski definition) is 2. The van der Waals surface area contributed by atoms with Gasteiger partial charge in [-0.1, -0.05) is 18.2 Å². The Morgan fingerprint density at radius 2 is 2.00 bits per heavy atom. The standard InChI is InChI=1S/C18H28N4O2S/c1-18(2,3)25(24)11-10-20-17(19-4)21-14-12-16(23)22(13-14)15-8-6-5-7-9-15/h5-9,14H,10-13H2,1-4H3,(H2,19,20,21). The molecule has 0 saturated carbocycles. The number of nitrogens with zero attached hydrogens (tertiary/aromatic N) is 2. The molecule has 1 saturated heterocycles. The van der Waals surface area contributed by atoms with Crippen molar-refractivity contribution in [3.8, 4) is 0 Å². The van der Waals surface area contributed by atoms with Gasteiger partial charge in [0.05, 0.1) is 6.04 Å². The fourth-order valence-corrected chi connectivity index (χ4v) is 3.52. The normalized spacial score (nSPS) is 19.8. The van der Waals surface area contributed by atoms with Crippen LogP contribution < -0.4 is 15.5 Å². The molecule has 2 N–H and O–H groups in total. The van der Waals surface area contributed by atoms with Crippen molar-refractivity contribution in [2.75, 3.05) is 30.8 Å². The van der Waals surface area contributed by atoms with Crippen LogP contribution in [0.5, 0.6) is 0 Å². The summed E-state index contributed by atoms with van der Waals surface area (Å²) >= 11 is 0. The Morgan fingerprint density at radius 1 is 1.32 bits per heavy atom. The summed E-state index contributed by atoms with van der Waals surface area (Å²) in [5, 5.41) is 6.47. The van der Waals surface area contributed by atoms with Gasteiger partial charge in [0, 0.05) is 53.5 Å². The molecule has 2 atom stereocenters. The largest absolute Gasteiger partial charge is 0.355 e. The number of amides is 1. The quantitative estimate of drug-likeness (QED) is 0.613. The van der Waals surface area contributed by atoms with Gasteiger partial charge in [0.2, 0.25) is 5.91 Å². The lowest BCUT2D eigenvalue weighted by Crippen LogP contribution is -2.46. The number of benzene rings is 1. The zero-order valence-corrected chi connectivity index (χ0v) is 16.2. The Hall–Kier alpha value is -1.89. The number of nitrogens with one attached hydrogen (secondary N) is 2. The summed E-state index contributed by atoms with van der Waals surface area (Å²) < 4.78 is 11.9. The van der Waals surface area contributed by atoms with Crippen LogP contribution >= 0.6 is 0 Å². The van der Waals surface area contributed by atoms with E-state index in [9.17, 15) is 9.00 Å². The molecule has 0 aromatic heterocycles. The third-order valence-corrected chi connectivity index (χ3v) is 5.96. The number of anilines is 1. The van der Waals surface area contributed by atoms with Crippen molar-refractivity contribution in [2.24, 2.45) is 4.99 Å². The molecule has 1 aromatic rings. The number of para-hydroxylation sites is 1. The second kappa shape index (κ2) is 8.47. The predicted molar refractivity (Wildman–Crippen MR) is 104 cm³/mol. The molecule has 1 aliphatic heterocycles. The number of carbonyl (C=O) groups excluding carboxylic acids is 1. The summed E-state index contributed by atoms with van der Waals surface area (Å²) in [7, 11) is 0.793. The van der Waals surface area contributed by atoms with E-state index >= 15 is 0 Å². The van der Waals surface area contributed by atoms with Crippen molar-refractivity contribution in [1.29, 1.82) is 0 Å². The van der Waals surface area contributed by atoms with E-state index in [-0.39, 0.29) is 16.7 Å². The van der Waals surface area contributed by atoms with Crippen molar-refractivity contribution in [2.45, 2.75) is 38.0 Å². The lowest BCUT2D eigenvalue weighted by Gasteiger charge is -2.20. The average molecular weight is 365 g/mol. The van der Waals surface area contributed by atoms with Crippen molar-refractivity contribution in [3.05, 3.63) is 30.3 Å². The SMILES string of the molecule is CN=C(NCCS(=O)C(C)(C)C)NC1CC(=O)N(c2ccccc2)C1. The molecule has 0 spiro atoms. The zero-order chi connectivity index (χ0) is 18.4. The van der Waals surface area contributed by atoms with Gasteiger partial charge in [-0.2, -0.15) is 0 Å². The highest BCUT2D eigenvalue weighted by Gasteiger charge is 2.31. The van der Waals surface area contributed by atoms with Gasteiger partial charge < -0.3 is 15.5 Å². The van der Waals surface area contributed by atoms with E-state index in [1.54, 1.807) is 11.9 Å². The van der Waals surface area contributed by atoms with E-state index in [0.717, 1.165) is 5.69 Å². The Labute approximate surface area is 152 Å². The van der Waals surface area contributed by atoms with Crippen LogP contribution in [0.3, 0.4) is 0 Å². The lowest BCUT2D eigenvalue weighted by atomic mass is 10.2. The summed E-state index contributed by atoms with van der Waals surface area (Å²) in [5.41, 5.74) is 0.917. The Kier molecular flexibility index (Phi) is 6.58. The highest BCUT2D eigenvalue weighted by molar-refractivity contribution is 7.86. The van der Waals surface area contributed by atoms with Crippen LogP contribution in [-0.4, -0.2) is 52.8 Å². The topological polar surface area (TPSA) is 73.8 Å². The third kappa shape index (κ3) is 5.56. The van der Waals surface area contributed by atoms with E-state index in [1.165, 1.54) is 0 Å². The van der Waals surface area contributed by atoms with Crippen molar-refractivity contribution in [3.63, 3.8) is 0 Å². The maximum Gasteiger partial charge on any atom is 0.229 e. The fraction of sp³-hybridized carbons (Fsp3) is 0.556. The second-order valence-electron chi connectivity index (χ2n) is 7.05. The Balaban J connectivity index is 1.84. The minimum absolute atomic E-state index is 0.00650. The minimum Gasteiger partial charge on any atom is -0.355 e. The van der Waals surface area contributed by atoms with Gasteiger partial charge in [-0.15, -0.1) is 0 Å². The lowest BCUT2D eigenvalue weighted by molar-refractivity contribution is -0.117. The molecule has 1 aromatic carbocycles. The van der Waals surface area contributed by atoms with Gasteiger partial charge in [0.15, 0.2) is 5.96 Å². The zero-order valence-electron chi connectivity index (χ0n) is 15.4. The number of guanidine groups is 1. The smallest absolute Gasteiger partial charge is 0.229 e. The molecular weight excluding hydrogens is 336 g/mol. The van der Waals surface area contributed by atoms with Gasteiger partial charge >= 0.3 is 0 Å². The molecule has 1 heterocycles. The van der Waals surface area contributed by atoms with E-state index < -0.39 is 10.8 Å². The van der Waals surface area contributed by atoms with Crippen LogP contribution in [-0.2, 0) is 15.6 Å². The fourth-order valence-electron chi connectivity index (χ4n) is 2.62. The molecule has 1 aliphatic rings. The van der Waals surface area contributed by atoms with Crippen molar-refractivity contribution < 1.29 is 9.00 Å². The van der Waals surface area contributed by atoms with Crippen LogP contribution in [0, 0.1) is 0 Å². The summed E-state index contributed by atoms with van der Waals surface area (Å²) in [6.45, 7) is 7.10. The minimum atomic E-state index is -0.904. The van der Waals surface area contributed by atoms with Gasteiger partial charge in [-0.3, -0.25) is 14.0 Å². The summed E-state index contributed by atoms with van der Waals surface area (Å²) in [6, 6.07) is 9.68. The number of aliphatic imine (C=N–C) groups is 1. The first kappa shape index (κ1) is 19.4. The molecule has 0 radical (unpaired) electrons. The summed E-state index contributed by atoms with van der Waals surface area (Å²) in [6.07, 6.45) is 0.434. The van der Waals surface area contributed by atoms with E-state index in [1.807, 2.05) is 51.1 Å². The van der Waals surface area contributed by atoms with Crippen LogP contribution in [0.25, 0.3) is 0 Å². The van der Waals surface area contributed by atoms with Crippen LogP contribution in [0.4, 0.5) is 5.69 Å². The molecule has 6 nitrogen and oxygen atoms in total. The molecule has 1 fully saturated rings. The molecule has 7 heteroatoms. The summed E-state index contributed by atoms with van der Waals surface area (Å²) in [4.78, 5) is 18.2. The molecular formula is C18H28N4O2S. The van der Waals surface area contributed by atoms with E-state index in [0.29, 0.717) is 31.2 Å². The molecule has 0 aliphatic carbocycles. The molecule has 2 unspecified atom stereocenters. The number of rotatable bonds is 5. The first-order chi connectivity index (χ1) is 11.8. The highest BCUT2D eigenvalue weighted by atomic mass is 32.2. The van der Waals surface area contributed by atoms with Crippen molar-refractivity contribution in [1.82, 2.24) is 10.6 Å². The second-order valence-corrected chi connectivity index (χ2v) is 9.37. The number of carbonyl (C=O) groups is 1. The van der Waals surface area contributed by atoms with E-state index in [4.69, 9.17) is 0 Å². The first-order valence-electron chi connectivity index (χ1n) is 8.52. The highest BCUT2D eigenvalue weighted by Crippen LogP contribution is 2.20. The molecule has 138 valence electrons. The molecule has 0 bridgehead atoms. The molecule has 1 amide bonds. The third-order valence-electron chi connectivity index (χ3n) is 4.02. The van der Waals surface area contributed by atoms with E-state index in [2.05, 4.69) is 15.6 Å². The maximum atomic E-state index is 12.3. The van der Waals surface area contributed by atoms with Crippen LogP contribution in [0.2, 0.25) is 0 Å². The Bertz CT molecular complexity index is 640. The van der Waals surface area contributed by atoms with Gasteiger partial charge in [0.1, 0.15) is 0 Å². The van der Waals surface area contributed by atoms with Gasteiger partial charge in [-0.25, -0.2) is 0 Å². The first-order valence-corrected chi connectivity index (χ1v) is 9.84. The van der Waals surface area contributed by atoms with Gasteiger partial charge in [0.25, 0.3) is 0 Å². The van der Waals surface area contributed by atoms with Gasteiger partial charge in [-0.05, 0) is 32.9 Å². The predicted octanol–water partition coefficient (Wildman–Crippen LogP) is 1.50. The van der Waals surface area contributed by atoms with Crippen LogP contribution in [0.1, 0.15) is 27.2 Å².